The first-order valence-electron chi connectivity index (χ1n) is 17.8. The van der Waals surface area contributed by atoms with Crippen molar-refractivity contribution in [1.82, 2.24) is 30.2 Å². The molecule has 2 aromatic rings. The van der Waals surface area contributed by atoms with E-state index in [0.717, 1.165) is 17.2 Å². The molecule has 37 heteroatoms. The number of imidazole rings is 1. The van der Waals surface area contributed by atoms with E-state index in [1.165, 1.54) is 13.8 Å². The van der Waals surface area contributed by atoms with Crippen LogP contribution in [0, 0.1) is 5.41 Å². The molecule has 0 radical (unpaired) electrons. The number of hydrogen-bond donors (Lipinski definition) is 15. The van der Waals surface area contributed by atoms with Gasteiger partial charge in [0, 0.05) is 30.7 Å². The summed E-state index contributed by atoms with van der Waals surface area (Å²) in [6.45, 7) is -1.55. The predicted octanol–water partition coefficient (Wildman–Crippen LogP) is -4.78. The Labute approximate surface area is 364 Å². The summed E-state index contributed by atoms with van der Waals surface area (Å²) >= 11 is 0.395. The Hall–Kier alpha value is -2.49. The fourth-order valence-corrected chi connectivity index (χ4v) is 9.08. The molecule has 0 bridgehead atoms. The van der Waals surface area contributed by atoms with Crippen molar-refractivity contribution < 1.29 is 120 Å². The quantitative estimate of drug-likeness (QED) is 0.0311. The highest BCUT2D eigenvalue weighted by Gasteiger charge is 2.50. The number of aliphatic hydroxyl groups is 6. The largest absolute Gasteiger partial charge is 0.481 e. The zero-order valence-electron chi connectivity index (χ0n) is 33.0. The topological polar surface area (TPSA) is 511 Å². The van der Waals surface area contributed by atoms with Gasteiger partial charge in [0.05, 0.1) is 26.1 Å². The van der Waals surface area contributed by atoms with E-state index in [0.29, 0.717) is 11.8 Å². The maximum atomic E-state index is 12.7. The number of thioether (sulfide) groups is 1. The Morgan fingerprint density at radius 3 is 2.17 bits per heavy atom. The number of carbonyl (C=O) groups is 3. The molecule has 3 heterocycles. The number of ether oxygens (including phenoxy) is 1. The zero-order chi connectivity index (χ0) is 48.6. The zero-order valence-corrected chi connectivity index (χ0v) is 37.4. The van der Waals surface area contributed by atoms with Crippen LogP contribution < -0.4 is 16.4 Å². The molecule has 16 N–H and O–H groups in total. The van der Waals surface area contributed by atoms with Crippen molar-refractivity contribution in [3.05, 3.63) is 12.7 Å². The molecule has 3 rings (SSSR count). The second-order valence-electron chi connectivity index (χ2n) is 14.0. The maximum absolute atomic E-state index is 12.7. The fourth-order valence-electron chi connectivity index (χ4n) is 5.19. The average Bonchev–Trinajstić information content (AvgIpc) is 3.75. The second kappa shape index (κ2) is 23.0. The Morgan fingerprint density at radius 1 is 0.906 bits per heavy atom. The number of anilines is 1. The van der Waals surface area contributed by atoms with Crippen LogP contribution in [0.5, 0.6) is 0 Å². The average molecular weight is 1030 g/mol. The summed E-state index contributed by atoms with van der Waals surface area (Å²) in [6, 6.07) is 0. The third kappa shape index (κ3) is 17.0. The molecule has 0 saturated carbocycles. The van der Waals surface area contributed by atoms with E-state index in [2.05, 4.69) is 38.9 Å². The number of nitrogens with one attached hydrogen (secondary N) is 2. The second-order valence-corrected chi connectivity index (χ2v) is 20.6. The molecule has 1 aliphatic rings. The summed E-state index contributed by atoms with van der Waals surface area (Å²) in [5.74, 6) is -2.05. The lowest BCUT2D eigenvalue weighted by Crippen LogP contribution is -2.48. The molecule has 366 valence electrons. The highest BCUT2D eigenvalue weighted by Crippen LogP contribution is 2.61. The van der Waals surface area contributed by atoms with Gasteiger partial charge in [0.1, 0.15) is 54.6 Å². The molecule has 1 aliphatic heterocycles. The third-order valence-electron chi connectivity index (χ3n) is 8.47. The van der Waals surface area contributed by atoms with Gasteiger partial charge in [-0.15, -0.1) is 0 Å². The number of nitrogens with two attached hydrogens (primary N) is 1. The van der Waals surface area contributed by atoms with Crippen LogP contribution in [0.25, 0.3) is 11.2 Å². The van der Waals surface area contributed by atoms with E-state index in [1.54, 1.807) is 0 Å². The highest BCUT2D eigenvalue weighted by atomic mass is 32.2. The molecule has 0 spiro atoms. The van der Waals surface area contributed by atoms with Crippen LogP contribution in [0.3, 0.4) is 0 Å². The number of aromatic nitrogens is 4. The molecule has 2 amide bonds. The molecule has 2 aromatic heterocycles. The van der Waals surface area contributed by atoms with Gasteiger partial charge in [-0.3, -0.25) is 37.0 Å². The number of fused-ring (bicyclic) bond motifs is 1. The minimum absolute atomic E-state index is 0.00422. The Kier molecular flexibility index (Phi) is 20.1. The van der Waals surface area contributed by atoms with Crippen molar-refractivity contribution in [3.63, 3.8) is 0 Å². The van der Waals surface area contributed by atoms with Gasteiger partial charge in [-0.25, -0.2) is 33.2 Å². The minimum Gasteiger partial charge on any atom is -0.388 e. The monoisotopic (exact) mass is 1030 g/mol. The van der Waals surface area contributed by atoms with Crippen LogP contribution in [0.15, 0.2) is 12.7 Å². The number of nitrogens with zero attached hydrogens (tertiary/aromatic N) is 4. The number of carbonyl (C=O) groups excluding carboxylic acids is 3. The molecule has 0 aromatic carbocycles. The number of amides is 2. The van der Waals surface area contributed by atoms with E-state index in [4.69, 9.17) is 29.3 Å². The molecule has 64 heavy (non-hydrogen) atoms. The van der Waals surface area contributed by atoms with Gasteiger partial charge in [-0.1, -0.05) is 25.6 Å². The molecule has 7 unspecified atom stereocenters. The van der Waals surface area contributed by atoms with E-state index in [-0.39, 0.29) is 42.2 Å². The van der Waals surface area contributed by atoms with Crippen LogP contribution in [0.4, 0.5) is 5.82 Å². The lowest BCUT2D eigenvalue weighted by atomic mass is 9.87. The molecule has 1 fully saturated rings. The van der Waals surface area contributed by atoms with Gasteiger partial charge in [0.15, 0.2) is 23.8 Å². The van der Waals surface area contributed by atoms with Crippen LogP contribution in [0.1, 0.15) is 26.5 Å². The fraction of sp³-hybridized carbons (Fsp3) is 0.704. The van der Waals surface area contributed by atoms with Crippen molar-refractivity contribution in [3.8, 4) is 0 Å². The first kappa shape index (κ1) is 55.8. The van der Waals surface area contributed by atoms with E-state index >= 15 is 0 Å². The predicted molar refractivity (Wildman–Crippen MR) is 209 cm³/mol. The van der Waals surface area contributed by atoms with Gasteiger partial charge in [-0.05, 0) is 0 Å². The summed E-state index contributed by atoms with van der Waals surface area (Å²) in [4.78, 5) is 105. The van der Waals surface area contributed by atoms with Gasteiger partial charge >= 0.3 is 31.3 Å². The van der Waals surface area contributed by atoms with E-state index in [9.17, 15) is 82.9 Å². The molecule has 1 saturated heterocycles. The van der Waals surface area contributed by atoms with E-state index in [1.807, 2.05) is 0 Å². The van der Waals surface area contributed by atoms with Crippen molar-refractivity contribution in [2.75, 3.05) is 44.4 Å². The summed E-state index contributed by atoms with van der Waals surface area (Å²) in [5.41, 5.74) is 4.07. The van der Waals surface area contributed by atoms with Crippen LogP contribution in [-0.4, -0.2) is 184 Å². The summed E-state index contributed by atoms with van der Waals surface area (Å²) in [7, 11) is -21.6. The van der Waals surface area contributed by atoms with Crippen LogP contribution >= 0.6 is 43.1 Å². The van der Waals surface area contributed by atoms with Gasteiger partial charge in [0.25, 0.3) is 0 Å². The first-order valence-corrected chi connectivity index (χ1v) is 24.9. The molecule has 11 atom stereocenters. The number of phosphoric acid groups is 4. The standard InChI is InChI=1S/C27H47N7O25P4S/c1-27(2,21(41)24(42)30-4-3-14(36)29-5-6-64-26(43)18(39)17(38)16(37)12(35)7-54-60(44,45)46)9-56-63(52,53)59-62(50,51)55-8-13-20(58-61(47,48)49)19(40)25(57-13)34-11-33-15-22(28)31-10-32-23(15)34/h10-13,16-21,25,35,37-41H,3-9H2,1-2H3,(H,29,36)(H,30,42)(H,50,51)(H,52,53)(H2,28,31,32)(H2,44,45,46)(H2,47,48,49)/t12-,13?,16+,17-,18-,19?,20?,21?,25?/m0/s1. The van der Waals surface area contributed by atoms with E-state index < -0.39 is 129 Å². The van der Waals surface area contributed by atoms with Crippen LogP contribution in [0.2, 0.25) is 0 Å². The molecular formula is C27H47N7O25P4S. The lowest BCUT2D eigenvalue weighted by molar-refractivity contribution is -0.139. The van der Waals surface area contributed by atoms with Gasteiger partial charge in [0.2, 0.25) is 16.9 Å². The molecular weight excluding hydrogens is 978 g/mol. The van der Waals surface area contributed by atoms with Gasteiger partial charge < -0.3 is 81.1 Å². The lowest BCUT2D eigenvalue weighted by Gasteiger charge is -2.30. The van der Waals surface area contributed by atoms with Gasteiger partial charge in [-0.2, -0.15) is 4.31 Å². The normalized spacial score (nSPS) is 22.8. The van der Waals surface area contributed by atoms with Crippen molar-refractivity contribution >= 4 is 77.0 Å². The van der Waals surface area contributed by atoms with Crippen molar-refractivity contribution in [1.29, 1.82) is 0 Å². The number of nitrogen functional groups attached to an aromatic ring is 1. The Balaban J connectivity index is 1.43. The smallest absolute Gasteiger partial charge is 0.388 e. The number of phosphoric ester groups is 4. The Morgan fingerprint density at radius 2 is 1.55 bits per heavy atom. The number of hydrogen-bond acceptors (Lipinski definition) is 24. The first-order chi connectivity index (χ1) is 29.3. The van der Waals surface area contributed by atoms with Crippen LogP contribution in [-0.2, 0) is 59.8 Å². The summed E-state index contributed by atoms with van der Waals surface area (Å²) < 4.78 is 76.6. The number of aliphatic hydroxyl groups excluding tert-OH is 6. The minimum atomic E-state index is -5.64. The summed E-state index contributed by atoms with van der Waals surface area (Å²) in [6.07, 6.45) is -16.4. The molecule has 0 aliphatic carbocycles. The number of rotatable bonds is 26. The highest BCUT2D eigenvalue weighted by molar-refractivity contribution is 8.13. The maximum Gasteiger partial charge on any atom is 0.481 e. The van der Waals surface area contributed by atoms with Crippen molar-refractivity contribution in [2.24, 2.45) is 5.41 Å². The third-order valence-corrected chi connectivity index (χ3v) is 13.0. The SMILES string of the molecule is CC(C)(COP(=O)(O)OP(=O)(O)OCC1OC(n2cnc3c(N)ncnc32)C(O)C1OP(=O)(O)O)C(O)C(=O)NCCC(=O)NCCSC(=O)[C@@H](O)[C@@H](O)[C@H](O)[C@@H](O)COP(=O)(O)O. The molecule has 32 nitrogen and oxygen atoms in total. The van der Waals surface area contributed by atoms with Crippen molar-refractivity contribution in [2.45, 2.75) is 75.3 Å². The summed E-state index contributed by atoms with van der Waals surface area (Å²) in [5, 5.41) is 64.3. The Bertz CT molecular complexity index is 2130.